The summed E-state index contributed by atoms with van der Waals surface area (Å²) in [6.45, 7) is 14.4. The van der Waals surface area contributed by atoms with E-state index in [0.29, 0.717) is 34.3 Å². The molecule has 0 saturated carbocycles. The molecule has 0 bridgehead atoms. The van der Waals surface area contributed by atoms with Crippen LogP contribution < -0.4 is 45.3 Å². The molecule has 0 spiro atoms. The maximum atomic E-state index is 12.4. The van der Waals surface area contributed by atoms with Crippen LogP contribution in [0.1, 0.15) is 52.9 Å². The Bertz CT molecular complexity index is 1960. The summed E-state index contributed by atoms with van der Waals surface area (Å²) in [6.07, 6.45) is 3.33. The lowest BCUT2D eigenvalue weighted by atomic mass is 10.2. The van der Waals surface area contributed by atoms with Crippen LogP contribution in [0.15, 0.2) is 36.8 Å². The van der Waals surface area contributed by atoms with Crippen LogP contribution in [-0.2, 0) is 23.9 Å². The number of halogens is 2. The quantitative estimate of drug-likeness (QED) is 0.308. The highest BCUT2D eigenvalue weighted by Gasteiger charge is 2.34. The van der Waals surface area contributed by atoms with Crippen molar-refractivity contribution < 1.29 is 47.7 Å². The van der Waals surface area contributed by atoms with Crippen molar-refractivity contribution in [3.05, 3.63) is 53.3 Å². The first-order valence-electron chi connectivity index (χ1n) is 18.5. The fourth-order valence-corrected chi connectivity index (χ4v) is 5.63. The maximum absolute atomic E-state index is 12.4. The SMILES string of the molecule is CN1C(=O)[C@@H](NC(=O)OC(C)(C)C)COc2cc(Cl)ncc21.Cc1cc2c(cn1)N(C)C(=O)[C@@H](N)CO2.Cc1cc2c(cn1)N(C)C(=O)[C@@H](NC(=O)OC(C)(C)C)CO2.Cl. The zero-order valence-corrected chi connectivity index (χ0v) is 37.0. The van der Waals surface area contributed by atoms with Gasteiger partial charge in [0, 0.05) is 50.7 Å². The fourth-order valence-electron chi connectivity index (χ4n) is 5.48. The third kappa shape index (κ3) is 13.2. The lowest BCUT2D eigenvalue weighted by Gasteiger charge is -2.23. The first-order chi connectivity index (χ1) is 27.4. The minimum Gasteiger partial charge on any atom is -0.489 e. The molecule has 4 N–H and O–H groups in total. The molecule has 328 valence electrons. The standard InChI is InChI=1S/C15H21N3O4.C14H18ClN3O4.C10H13N3O2.ClH/c1-9-6-12-11(7-16-9)18(5)13(19)10(8-21-12)17-14(20)22-15(2,3)4;1-14(2,3)22-13(20)17-8-7-21-10-5-11(15)16-6-9(10)18(4)12(8)19;1-6-3-9-8(4-12-6)13(2)10(14)7(11)5-15-9;/h6-7,10H,8H2,1-5H3,(H,17,20);5-6,8H,7H2,1-4H3,(H,17,20);3-4,7H,5,11H2,1-2H3;1H/t10-;8-;7-;/m000./s1. The van der Waals surface area contributed by atoms with Gasteiger partial charge in [-0.25, -0.2) is 14.6 Å². The molecule has 3 atom stereocenters. The maximum Gasteiger partial charge on any atom is 0.408 e. The molecule has 60 heavy (non-hydrogen) atoms. The highest BCUT2D eigenvalue weighted by Crippen LogP contribution is 2.33. The number of aryl methyl sites for hydroxylation is 2. The van der Waals surface area contributed by atoms with Crippen molar-refractivity contribution in [3.63, 3.8) is 0 Å². The molecular weight excluding hydrogens is 825 g/mol. The molecule has 21 heteroatoms. The molecule has 6 heterocycles. The second-order valence-corrected chi connectivity index (χ2v) is 16.1. The smallest absolute Gasteiger partial charge is 0.408 e. The summed E-state index contributed by atoms with van der Waals surface area (Å²) in [4.78, 5) is 76.7. The van der Waals surface area contributed by atoms with Crippen molar-refractivity contribution in [1.29, 1.82) is 0 Å². The summed E-state index contributed by atoms with van der Waals surface area (Å²) in [5.74, 6) is 0.899. The zero-order chi connectivity index (χ0) is 44.0. The summed E-state index contributed by atoms with van der Waals surface area (Å²) in [5, 5.41) is 5.32. The summed E-state index contributed by atoms with van der Waals surface area (Å²) < 4.78 is 27.0. The predicted molar refractivity (Wildman–Crippen MR) is 225 cm³/mol. The molecule has 3 aliphatic rings. The average Bonchev–Trinajstić information content (AvgIpc) is 3.37. The first-order valence-corrected chi connectivity index (χ1v) is 18.9. The second-order valence-electron chi connectivity index (χ2n) is 15.7. The fraction of sp³-hybridized carbons (Fsp3) is 0.487. The number of aromatic nitrogens is 3. The normalized spacial score (nSPS) is 18.4. The van der Waals surface area contributed by atoms with E-state index < -0.39 is 41.5 Å². The van der Waals surface area contributed by atoms with Crippen LogP contribution in [0, 0.1) is 13.8 Å². The van der Waals surface area contributed by atoms with Crippen molar-refractivity contribution >= 4 is 71.0 Å². The number of pyridine rings is 3. The van der Waals surface area contributed by atoms with Crippen molar-refractivity contribution in [2.75, 3.05) is 55.7 Å². The number of carbonyl (C=O) groups excluding carboxylic acids is 5. The van der Waals surface area contributed by atoms with Crippen LogP contribution in [0.5, 0.6) is 17.2 Å². The number of ether oxygens (including phenoxy) is 5. The van der Waals surface area contributed by atoms with Crippen LogP contribution in [0.25, 0.3) is 0 Å². The Balaban J connectivity index is 0.000000243. The summed E-state index contributed by atoms with van der Waals surface area (Å²) in [6, 6.07) is 2.81. The number of nitrogens with one attached hydrogen (secondary N) is 2. The predicted octanol–water partition coefficient (Wildman–Crippen LogP) is 4.12. The van der Waals surface area contributed by atoms with Gasteiger partial charge in [-0.2, -0.15) is 0 Å². The van der Waals surface area contributed by atoms with Gasteiger partial charge < -0.3 is 54.8 Å². The van der Waals surface area contributed by atoms with Crippen molar-refractivity contribution in [2.24, 2.45) is 5.73 Å². The number of likely N-dealkylation sites (N-methyl/N-ethyl adjacent to an activating group) is 3. The summed E-state index contributed by atoms with van der Waals surface area (Å²) in [5.41, 5.74) is 7.74. The number of anilines is 3. The van der Waals surface area contributed by atoms with Crippen LogP contribution in [0.2, 0.25) is 5.15 Å². The number of amides is 5. The Morgan fingerprint density at radius 3 is 1.42 bits per heavy atom. The zero-order valence-electron chi connectivity index (χ0n) is 35.4. The number of hydrogen-bond acceptors (Lipinski definition) is 14. The molecule has 0 saturated heterocycles. The van der Waals surface area contributed by atoms with Gasteiger partial charge in [0.1, 0.15) is 88.6 Å². The Morgan fingerprint density at radius 1 is 0.667 bits per heavy atom. The molecule has 6 rings (SSSR count). The average molecular weight is 879 g/mol. The van der Waals surface area contributed by atoms with Gasteiger partial charge in [-0.3, -0.25) is 24.4 Å². The first kappa shape index (κ1) is 48.7. The Labute approximate surface area is 360 Å². The van der Waals surface area contributed by atoms with Gasteiger partial charge in [-0.15, -0.1) is 12.4 Å². The van der Waals surface area contributed by atoms with E-state index in [1.807, 2.05) is 13.8 Å². The lowest BCUT2D eigenvalue weighted by molar-refractivity contribution is -0.121. The molecule has 3 aromatic rings. The van der Waals surface area contributed by atoms with E-state index in [9.17, 15) is 24.0 Å². The number of nitrogens with two attached hydrogens (primary N) is 1. The van der Waals surface area contributed by atoms with Crippen molar-refractivity contribution in [2.45, 2.75) is 84.7 Å². The van der Waals surface area contributed by atoms with E-state index >= 15 is 0 Å². The van der Waals surface area contributed by atoms with E-state index in [1.54, 1.807) is 87.2 Å². The van der Waals surface area contributed by atoms with E-state index in [0.717, 1.165) is 11.4 Å². The second kappa shape index (κ2) is 20.1. The molecule has 5 amide bonds. The highest BCUT2D eigenvalue weighted by atomic mass is 35.5. The van der Waals surface area contributed by atoms with E-state index in [4.69, 9.17) is 41.0 Å². The number of hydrogen-bond donors (Lipinski definition) is 3. The van der Waals surface area contributed by atoms with Crippen LogP contribution in [0.3, 0.4) is 0 Å². The van der Waals surface area contributed by atoms with Gasteiger partial charge >= 0.3 is 12.2 Å². The van der Waals surface area contributed by atoms with Gasteiger partial charge in [-0.05, 0) is 55.4 Å². The Morgan fingerprint density at radius 2 is 1.02 bits per heavy atom. The lowest BCUT2D eigenvalue weighted by Crippen LogP contribution is -2.50. The molecule has 0 unspecified atom stereocenters. The number of alkyl carbamates (subject to hydrolysis) is 2. The van der Waals surface area contributed by atoms with E-state index in [2.05, 4.69) is 25.6 Å². The van der Waals surface area contributed by atoms with Crippen LogP contribution in [0.4, 0.5) is 26.7 Å². The van der Waals surface area contributed by atoms with Crippen LogP contribution >= 0.6 is 24.0 Å². The Kier molecular flexibility index (Phi) is 16.3. The molecule has 0 radical (unpaired) electrons. The van der Waals surface area contributed by atoms with Gasteiger partial charge in [0.15, 0.2) is 0 Å². The highest BCUT2D eigenvalue weighted by molar-refractivity contribution is 6.29. The summed E-state index contributed by atoms with van der Waals surface area (Å²) in [7, 11) is 4.87. The molecule has 0 aliphatic carbocycles. The monoisotopic (exact) mass is 877 g/mol. The Hall–Kier alpha value is -5.66. The van der Waals surface area contributed by atoms with Gasteiger partial charge in [0.05, 0.1) is 18.6 Å². The number of nitrogens with zero attached hydrogens (tertiary/aromatic N) is 6. The molecule has 3 aliphatic heterocycles. The number of carbonyl (C=O) groups is 5. The van der Waals surface area contributed by atoms with E-state index in [-0.39, 0.29) is 55.1 Å². The minimum absolute atomic E-state index is 0. The molecule has 0 aromatic carbocycles. The van der Waals surface area contributed by atoms with E-state index in [1.165, 1.54) is 27.0 Å². The van der Waals surface area contributed by atoms with Crippen LogP contribution in [-0.4, -0.2) is 115 Å². The molecular formula is C39H53Cl2N9O10. The van der Waals surface area contributed by atoms with Gasteiger partial charge in [0.25, 0.3) is 11.8 Å². The third-order valence-electron chi connectivity index (χ3n) is 8.38. The molecule has 19 nitrogen and oxygen atoms in total. The van der Waals surface area contributed by atoms with Gasteiger partial charge in [0.2, 0.25) is 5.91 Å². The van der Waals surface area contributed by atoms with Crippen molar-refractivity contribution in [1.82, 2.24) is 25.6 Å². The molecule has 0 fully saturated rings. The third-order valence-corrected chi connectivity index (χ3v) is 8.59. The largest absolute Gasteiger partial charge is 0.489 e. The number of rotatable bonds is 2. The van der Waals surface area contributed by atoms with Crippen molar-refractivity contribution in [3.8, 4) is 17.2 Å². The minimum atomic E-state index is -0.856. The topological polar surface area (TPSA) is 230 Å². The molecule has 3 aromatic heterocycles. The number of fused-ring (bicyclic) bond motifs is 3. The van der Waals surface area contributed by atoms with Gasteiger partial charge in [-0.1, -0.05) is 11.6 Å². The summed E-state index contributed by atoms with van der Waals surface area (Å²) >= 11 is 5.82.